The van der Waals surface area contributed by atoms with Crippen molar-refractivity contribution in [3.05, 3.63) is 39.0 Å². The summed E-state index contributed by atoms with van der Waals surface area (Å²) in [5.74, 6) is -1.39. The summed E-state index contributed by atoms with van der Waals surface area (Å²) in [7, 11) is 0. The van der Waals surface area contributed by atoms with E-state index in [0.717, 1.165) is 4.57 Å². The SMILES string of the molecule is CC(C)(C)OC(=O)NCCONc1nonc1-c1noc(=O)n1-c1ccc(F)c(Br)c1. The molecule has 2 heterocycles. The number of halogens is 2. The number of benzene rings is 1. The summed E-state index contributed by atoms with van der Waals surface area (Å²) in [4.78, 5) is 29.0. The molecule has 0 radical (unpaired) electrons. The van der Waals surface area contributed by atoms with E-state index in [1.54, 1.807) is 20.8 Å². The van der Waals surface area contributed by atoms with Crippen LogP contribution >= 0.6 is 15.9 Å². The van der Waals surface area contributed by atoms with Crippen molar-refractivity contribution in [2.75, 3.05) is 18.6 Å². The van der Waals surface area contributed by atoms with Crippen LogP contribution in [0.5, 0.6) is 0 Å². The number of amides is 1. The highest BCUT2D eigenvalue weighted by Crippen LogP contribution is 2.26. The highest BCUT2D eigenvalue weighted by molar-refractivity contribution is 9.10. The van der Waals surface area contributed by atoms with Crippen LogP contribution in [0.4, 0.5) is 15.0 Å². The molecule has 31 heavy (non-hydrogen) atoms. The zero-order valence-corrected chi connectivity index (χ0v) is 18.2. The maximum absolute atomic E-state index is 13.5. The summed E-state index contributed by atoms with van der Waals surface area (Å²) in [6.45, 7) is 5.43. The summed E-state index contributed by atoms with van der Waals surface area (Å²) < 4.78 is 29.2. The Labute approximate surface area is 182 Å². The fourth-order valence-corrected chi connectivity index (χ4v) is 2.66. The fraction of sp³-hybridized carbons (Fsp3) is 0.353. The van der Waals surface area contributed by atoms with Crippen LogP contribution in [0.15, 0.2) is 36.6 Å². The number of nitrogens with one attached hydrogen (secondary N) is 2. The Kier molecular flexibility index (Phi) is 6.70. The molecule has 2 N–H and O–H groups in total. The minimum atomic E-state index is -0.829. The van der Waals surface area contributed by atoms with Crippen LogP contribution in [0, 0.1) is 5.82 Å². The summed E-state index contributed by atoms with van der Waals surface area (Å²) in [6.07, 6.45) is -0.586. The van der Waals surface area contributed by atoms with Crippen molar-refractivity contribution in [2.24, 2.45) is 0 Å². The number of alkyl carbamates (subject to hydrolysis) is 1. The van der Waals surface area contributed by atoms with Gasteiger partial charge in [0.05, 0.1) is 16.8 Å². The Hall–Kier alpha value is -3.26. The number of rotatable bonds is 7. The van der Waals surface area contributed by atoms with Gasteiger partial charge >= 0.3 is 11.8 Å². The Morgan fingerprint density at radius 3 is 2.77 bits per heavy atom. The van der Waals surface area contributed by atoms with Gasteiger partial charge in [0.25, 0.3) is 0 Å². The molecule has 0 spiro atoms. The summed E-state index contributed by atoms with van der Waals surface area (Å²) in [5.41, 5.74) is 2.16. The van der Waals surface area contributed by atoms with E-state index < -0.39 is 23.3 Å². The first kappa shape index (κ1) is 22.4. The number of aromatic nitrogens is 4. The van der Waals surface area contributed by atoms with Crippen molar-refractivity contribution in [1.29, 1.82) is 0 Å². The van der Waals surface area contributed by atoms with E-state index in [9.17, 15) is 14.0 Å². The molecule has 0 saturated heterocycles. The first-order valence-electron chi connectivity index (χ1n) is 8.87. The lowest BCUT2D eigenvalue weighted by Gasteiger charge is -2.19. The lowest BCUT2D eigenvalue weighted by atomic mass is 10.2. The molecule has 0 aliphatic carbocycles. The number of anilines is 1. The van der Waals surface area contributed by atoms with Gasteiger partial charge in [-0.25, -0.2) is 28.7 Å². The van der Waals surface area contributed by atoms with Crippen molar-refractivity contribution in [3.63, 3.8) is 0 Å². The molecule has 14 heteroatoms. The van der Waals surface area contributed by atoms with Gasteiger partial charge in [-0.05, 0) is 65.2 Å². The number of nitrogens with zero attached hydrogens (tertiary/aromatic N) is 4. The van der Waals surface area contributed by atoms with Gasteiger partial charge in [-0.15, -0.1) is 0 Å². The Bertz CT molecular complexity index is 1120. The van der Waals surface area contributed by atoms with Crippen molar-refractivity contribution in [1.82, 2.24) is 25.4 Å². The third-order valence-corrected chi connectivity index (χ3v) is 4.12. The number of hydrogen-bond acceptors (Lipinski definition) is 10. The lowest BCUT2D eigenvalue weighted by molar-refractivity contribution is 0.0510. The van der Waals surface area contributed by atoms with Crippen molar-refractivity contribution < 1.29 is 27.9 Å². The molecule has 0 bridgehead atoms. The van der Waals surface area contributed by atoms with Gasteiger partial charge in [0.1, 0.15) is 11.4 Å². The van der Waals surface area contributed by atoms with E-state index in [0.29, 0.717) is 0 Å². The molecule has 166 valence electrons. The minimum Gasteiger partial charge on any atom is -0.444 e. The number of ether oxygens (including phenoxy) is 1. The van der Waals surface area contributed by atoms with Gasteiger partial charge in [0.2, 0.25) is 17.3 Å². The molecule has 1 amide bonds. The fourth-order valence-electron chi connectivity index (χ4n) is 2.29. The number of carbonyl (C=O) groups is 1. The summed E-state index contributed by atoms with van der Waals surface area (Å²) in [6, 6.07) is 3.90. The molecule has 0 aliphatic heterocycles. The summed E-state index contributed by atoms with van der Waals surface area (Å²) >= 11 is 3.06. The van der Waals surface area contributed by atoms with Gasteiger partial charge in [-0.3, -0.25) is 9.36 Å². The van der Waals surface area contributed by atoms with E-state index in [4.69, 9.17) is 18.7 Å². The first-order valence-corrected chi connectivity index (χ1v) is 9.67. The van der Waals surface area contributed by atoms with Crippen LogP contribution in [0.3, 0.4) is 0 Å². The number of carbonyl (C=O) groups excluding carboxylic acids is 1. The van der Waals surface area contributed by atoms with Gasteiger partial charge in [0.15, 0.2) is 0 Å². The predicted octanol–water partition coefficient (Wildman–Crippen LogP) is 2.65. The number of hydrogen-bond donors (Lipinski definition) is 2. The first-order chi connectivity index (χ1) is 14.7. The second kappa shape index (κ2) is 9.26. The average Bonchev–Trinajstić information content (AvgIpc) is 3.28. The molecular formula is C17H18BrFN6O6. The topological polar surface area (TPSA) is 147 Å². The zero-order chi connectivity index (χ0) is 22.6. The lowest BCUT2D eigenvalue weighted by Crippen LogP contribution is -2.34. The van der Waals surface area contributed by atoms with E-state index in [1.807, 2.05) is 0 Å². The molecule has 3 aromatic rings. The van der Waals surface area contributed by atoms with Crippen molar-refractivity contribution in [3.8, 4) is 17.2 Å². The molecule has 0 fully saturated rings. The monoisotopic (exact) mass is 500 g/mol. The van der Waals surface area contributed by atoms with Gasteiger partial charge in [-0.2, -0.15) is 0 Å². The molecule has 2 aromatic heterocycles. The van der Waals surface area contributed by atoms with Gasteiger partial charge < -0.3 is 10.1 Å². The third-order valence-electron chi connectivity index (χ3n) is 3.51. The maximum Gasteiger partial charge on any atom is 0.446 e. The summed E-state index contributed by atoms with van der Waals surface area (Å²) in [5, 5.41) is 13.6. The average molecular weight is 501 g/mol. The second-order valence-electron chi connectivity index (χ2n) is 7.05. The van der Waals surface area contributed by atoms with Gasteiger partial charge in [0, 0.05) is 6.54 Å². The van der Waals surface area contributed by atoms with E-state index in [-0.39, 0.29) is 40.6 Å². The van der Waals surface area contributed by atoms with Crippen LogP contribution in [0.2, 0.25) is 0 Å². The minimum absolute atomic E-state index is 0.000459. The van der Waals surface area contributed by atoms with E-state index in [2.05, 4.69) is 42.2 Å². The molecule has 12 nitrogen and oxygen atoms in total. The Balaban J connectivity index is 1.67. The molecule has 3 rings (SSSR count). The molecule has 1 aromatic carbocycles. The highest BCUT2D eigenvalue weighted by Gasteiger charge is 2.23. The second-order valence-corrected chi connectivity index (χ2v) is 7.90. The van der Waals surface area contributed by atoms with Crippen LogP contribution < -0.4 is 16.6 Å². The predicted molar refractivity (Wildman–Crippen MR) is 107 cm³/mol. The normalized spacial score (nSPS) is 11.4. The van der Waals surface area contributed by atoms with Crippen LogP contribution in [0.1, 0.15) is 20.8 Å². The van der Waals surface area contributed by atoms with E-state index >= 15 is 0 Å². The third kappa shape index (κ3) is 5.67. The zero-order valence-electron chi connectivity index (χ0n) is 16.6. The Morgan fingerprint density at radius 1 is 1.29 bits per heavy atom. The van der Waals surface area contributed by atoms with Crippen molar-refractivity contribution in [2.45, 2.75) is 26.4 Å². The van der Waals surface area contributed by atoms with Crippen LogP contribution in [-0.4, -0.2) is 44.9 Å². The van der Waals surface area contributed by atoms with E-state index in [1.165, 1.54) is 18.2 Å². The standard InChI is InChI=1S/C17H18BrFN6O6/c1-17(2,3)29-15(26)20-6-7-28-22-13-12(21-31-23-13)14-24-30-16(27)25(14)9-4-5-11(19)10(18)8-9/h4-5,8H,6-7H2,1-3H3,(H,20,26)(H,22,23). The quantitative estimate of drug-likeness (QED) is 0.366. The largest absolute Gasteiger partial charge is 0.446 e. The van der Waals surface area contributed by atoms with Crippen molar-refractivity contribution >= 4 is 27.8 Å². The van der Waals surface area contributed by atoms with Crippen LogP contribution in [0.25, 0.3) is 17.2 Å². The maximum atomic E-state index is 13.5. The van der Waals surface area contributed by atoms with Crippen LogP contribution in [-0.2, 0) is 9.57 Å². The molecular weight excluding hydrogens is 483 g/mol. The smallest absolute Gasteiger partial charge is 0.444 e. The molecule has 0 aliphatic rings. The van der Waals surface area contributed by atoms with Gasteiger partial charge in [-0.1, -0.05) is 5.16 Å². The Morgan fingerprint density at radius 2 is 2.06 bits per heavy atom. The highest BCUT2D eigenvalue weighted by atomic mass is 79.9. The molecule has 0 atom stereocenters. The molecule has 0 saturated carbocycles. The molecule has 0 unspecified atom stereocenters.